The Morgan fingerprint density at radius 2 is 1.27 bits per heavy atom. The predicted molar refractivity (Wildman–Crippen MR) is 181 cm³/mol. The molecule has 0 spiro atoms. The number of amides is 1. The maximum absolute atomic E-state index is 12.2. The third-order valence-electron chi connectivity index (χ3n) is 10.3. The van der Waals surface area contributed by atoms with Crippen molar-refractivity contribution >= 4 is 6.09 Å². The third-order valence-corrected chi connectivity index (χ3v) is 10.3. The van der Waals surface area contributed by atoms with Gasteiger partial charge in [-0.25, -0.2) is 4.79 Å². The van der Waals surface area contributed by atoms with E-state index in [1.807, 2.05) is 71.9 Å². The zero-order chi connectivity index (χ0) is 37.2. The van der Waals surface area contributed by atoms with E-state index in [9.17, 15) is 9.90 Å². The van der Waals surface area contributed by atoms with E-state index >= 15 is 0 Å². The number of hydrogen-bond donors (Lipinski definition) is 2. The highest BCUT2D eigenvalue weighted by Gasteiger charge is 2.66. The van der Waals surface area contributed by atoms with Crippen LogP contribution in [0.3, 0.4) is 0 Å². The highest BCUT2D eigenvalue weighted by atomic mass is 16.9. The molecule has 7 aliphatic rings. The number of hydrogen-bond acceptors (Lipinski definition) is 14. The number of fused-ring (bicyclic) bond motifs is 6. The number of carbonyl (C=O) groups excluding carboxylic acids is 1. The van der Waals surface area contributed by atoms with E-state index in [-0.39, 0.29) is 55.9 Å². The molecule has 1 aromatic carbocycles. The van der Waals surface area contributed by atoms with Crippen LogP contribution in [0, 0.1) is 0 Å². The highest BCUT2D eigenvalue weighted by Crippen LogP contribution is 2.49. The number of rotatable bonds is 6. The second-order valence-corrected chi connectivity index (χ2v) is 16.5. The van der Waals surface area contributed by atoms with Crippen LogP contribution < -0.4 is 5.32 Å². The van der Waals surface area contributed by atoms with Crippen molar-refractivity contribution in [3.63, 3.8) is 0 Å². The van der Waals surface area contributed by atoms with Crippen molar-refractivity contribution in [2.75, 3.05) is 39.5 Å². The molecule has 52 heavy (non-hydrogen) atoms. The largest absolute Gasteiger partial charge is 0.445 e. The summed E-state index contributed by atoms with van der Waals surface area (Å²) in [6, 6.07) is 9.75. The van der Waals surface area contributed by atoms with E-state index in [1.165, 1.54) is 0 Å². The quantitative estimate of drug-likeness (QED) is 0.440. The van der Waals surface area contributed by atoms with E-state index in [2.05, 4.69) is 10.2 Å². The number of alkyl carbamates (subject to hydrolysis) is 1. The smallest absolute Gasteiger partial charge is 0.407 e. The SMILES string of the molecule is CC1(C)O[C@@H]2[C@@H](CO[C@@]3(CN4CCC(NC(=O)OCc5ccccc5)CC4)OC(C)(C)O[C@@H]23)O1.CC1(C)O[C@@H]2[C@@H](CO[C@@]3(CO)OC(C)(C)O[C@@H]23)O1. The van der Waals surface area contributed by atoms with Crippen LogP contribution in [0.5, 0.6) is 0 Å². The molecule has 292 valence electrons. The molecule has 8 atom stereocenters. The highest BCUT2D eigenvalue weighted by molar-refractivity contribution is 5.67. The van der Waals surface area contributed by atoms with Crippen LogP contribution in [0.4, 0.5) is 4.79 Å². The Kier molecular flexibility index (Phi) is 10.3. The zero-order valence-electron chi connectivity index (χ0n) is 31.6. The van der Waals surface area contributed by atoms with Gasteiger partial charge in [0.2, 0.25) is 11.6 Å². The number of benzene rings is 1. The van der Waals surface area contributed by atoms with Crippen LogP contribution in [0.1, 0.15) is 73.8 Å². The first-order chi connectivity index (χ1) is 24.4. The molecule has 7 aliphatic heterocycles. The minimum Gasteiger partial charge on any atom is -0.445 e. The minimum atomic E-state index is -1.14. The van der Waals surface area contributed by atoms with Crippen molar-refractivity contribution in [1.82, 2.24) is 10.2 Å². The molecular formula is C37H56N2O13. The average Bonchev–Trinajstić information content (AvgIpc) is 3.75. The molecule has 7 fully saturated rings. The first-order valence-electron chi connectivity index (χ1n) is 18.5. The molecule has 7 saturated heterocycles. The summed E-state index contributed by atoms with van der Waals surface area (Å²) >= 11 is 0. The van der Waals surface area contributed by atoms with E-state index < -0.39 is 40.8 Å². The van der Waals surface area contributed by atoms with Gasteiger partial charge in [0.15, 0.2) is 23.1 Å². The number of piperidine rings is 1. The van der Waals surface area contributed by atoms with Gasteiger partial charge in [-0.2, -0.15) is 0 Å². The standard InChI is InChI=1S/C25H36N2O7.C12H20O6/c1-23(2)31-19-15-30-25(21(20(19)32-23)33-24(3,4)34-25)16-27-12-10-18(11-13-27)26-22(28)29-14-17-8-6-5-7-9-17;1-10(2)15-7-5-14-12(6-13)9(8(7)16-10)17-11(3,4)18-12/h5-9,18-21H,10-16H2,1-4H3,(H,26,28);7-9,13H,5-6H2,1-4H3/t19-,20-,21+,25+;7-,8-,9+,12+/m11/s1. The fourth-order valence-corrected chi connectivity index (χ4v) is 8.40. The fraction of sp³-hybridized carbons (Fsp3) is 0.811. The number of nitrogens with zero attached hydrogens (tertiary/aromatic N) is 1. The van der Waals surface area contributed by atoms with Gasteiger partial charge in [-0.1, -0.05) is 30.3 Å². The summed E-state index contributed by atoms with van der Waals surface area (Å²) < 4.78 is 65.4. The molecular weight excluding hydrogens is 680 g/mol. The summed E-state index contributed by atoms with van der Waals surface area (Å²) in [6.45, 7) is 17.8. The number of aliphatic hydroxyl groups excluding tert-OH is 1. The Morgan fingerprint density at radius 1 is 0.750 bits per heavy atom. The van der Waals surface area contributed by atoms with Crippen LogP contribution in [0.2, 0.25) is 0 Å². The van der Waals surface area contributed by atoms with Crippen molar-refractivity contribution in [2.45, 2.75) is 152 Å². The lowest BCUT2D eigenvalue weighted by Gasteiger charge is -2.44. The van der Waals surface area contributed by atoms with E-state index in [1.54, 1.807) is 13.8 Å². The van der Waals surface area contributed by atoms with Gasteiger partial charge in [0.25, 0.3) is 0 Å². The summed E-state index contributed by atoms with van der Waals surface area (Å²) in [5.74, 6) is -4.99. The Hall–Kier alpha value is -1.99. The van der Waals surface area contributed by atoms with Crippen LogP contribution in [0.25, 0.3) is 0 Å². The summed E-state index contributed by atoms with van der Waals surface area (Å²) in [5.41, 5.74) is 0.970. The van der Waals surface area contributed by atoms with Crippen molar-refractivity contribution in [2.24, 2.45) is 0 Å². The maximum Gasteiger partial charge on any atom is 0.407 e. The topological polar surface area (TPSA) is 154 Å². The number of aliphatic hydroxyl groups is 1. The molecule has 2 N–H and O–H groups in total. The third kappa shape index (κ3) is 8.02. The van der Waals surface area contributed by atoms with Crippen LogP contribution in [0.15, 0.2) is 30.3 Å². The average molecular weight is 737 g/mol. The Morgan fingerprint density at radius 3 is 1.83 bits per heavy atom. The normalized spacial score (nSPS) is 39.7. The molecule has 0 radical (unpaired) electrons. The Balaban J connectivity index is 0.000000196. The zero-order valence-corrected chi connectivity index (χ0v) is 31.6. The lowest BCUT2D eigenvalue weighted by molar-refractivity contribution is -0.294. The summed E-state index contributed by atoms with van der Waals surface area (Å²) in [5, 5.41) is 12.6. The Labute approximate surface area is 305 Å². The molecule has 0 unspecified atom stereocenters. The molecule has 8 rings (SSSR count). The fourth-order valence-electron chi connectivity index (χ4n) is 8.40. The van der Waals surface area contributed by atoms with Gasteiger partial charge in [-0.3, -0.25) is 4.90 Å². The number of carbonyl (C=O) groups is 1. The van der Waals surface area contributed by atoms with E-state index in [0.717, 1.165) is 31.5 Å². The van der Waals surface area contributed by atoms with Crippen molar-refractivity contribution < 1.29 is 62.0 Å². The van der Waals surface area contributed by atoms with Gasteiger partial charge in [0, 0.05) is 19.1 Å². The number of likely N-dealkylation sites (tertiary alicyclic amines) is 1. The van der Waals surface area contributed by atoms with Gasteiger partial charge in [0.05, 0.1) is 19.8 Å². The lowest BCUT2D eigenvalue weighted by Crippen LogP contribution is -2.63. The second kappa shape index (κ2) is 13.9. The lowest BCUT2D eigenvalue weighted by atomic mass is 9.95. The Bertz CT molecular complexity index is 1420. The first kappa shape index (κ1) is 38.3. The van der Waals surface area contributed by atoms with Gasteiger partial charge >= 0.3 is 6.09 Å². The van der Waals surface area contributed by atoms with E-state index in [4.69, 9.17) is 52.1 Å². The molecule has 0 bridgehead atoms. The molecule has 0 aromatic heterocycles. The van der Waals surface area contributed by atoms with Gasteiger partial charge in [-0.05, 0) is 73.8 Å². The van der Waals surface area contributed by atoms with Gasteiger partial charge in [0.1, 0.15) is 49.8 Å². The van der Waals surface area contributed by atoms with Crippen LogP contribution in [-0.4, -0.2) is 133 Å². The van der Waals surface area contributed by atoms with Crippen LogP contribution >= 0.6 is 0 Å². The molecule has 15 heteroatoms. The molecule has 0 saturated carbocycles. The van der Waals surface area contributed by atoms with Gasteiger partial charge < -0.3 is 62.5 Å². The number of nitrogens with one attached hydrogen (secondary N) is 1. The molecule has 0 aliphatic carbocycles. The van der Waals surface area contributed by atoms with Crippen molar-refractivity contribution in [1.29, 1.82) is 0 Å². The molecule has 1 amide bonds. The number of ether oxygens (including phenoxy) is 11. The summed E-state index contributed by atoms with van der Waals surface area (Å²) in [6.07, 6.45) is -0.506. The first-order valence-corrected chi connectivity index (χ1v) is 18.5. The monoisotopic (exact) mass is 736 g/mol. The predicted octanol–water partition coefficient (Wildman–Crippen LogP) is 3.15. The van der Waals surface area contributed by atoms with E-state index in [0.29, 0.717) is 19.8 Å². The minimum absolute atomic E-state index is 0.0778. The summed E-state index contributed by atoms with van der Waals surface area (Å²) in [7, 11) is 0. The second-order valence-electron chi connectivity index (χ2n) is 16.5. The summed E-state index contributed by atoms with van der Waals surface area (Å²) in [4.78, 5) is 14.5. The van der Waals surface area contributed by atoms with Crippen molar-refractivity contribution in [3.05, 3.63) is 35.9 Å². The molecule has 15 nitrogen and oxygen atoms in total. The van der Waals surface area contributed by atoms with Crippen LogP contribution in [-0.2, 0) is 58.7 Å². The molecule has 7 heterocycles. The van der Waals surface area contributed by atoms with Crippen molar-refractivity contribution in [3.8, 4) is 0 Å². The molecule has 1 aromatic rings. The van der Waals surface area contributed by atoms with Gasteiger partial charge in [-0.15, -0.1) is 0 Å². The maximum atomic E-state index is 12.2.